The van der Waals surface area contributed by atoms with Crippen molar-refractivity contribution in [2.24, 2.45) is 0 Å². The number of carbonyl (C=O) groups excluding carboxylic acids is 2. The van der Waals surface area contributed by atoms with Crippen LogP contribution in [0.4, 0.5) is 0 Å². The topological polar surface area (TPSA) is 104 Å². The molecule has 7 nitrogen and oxygen atoms in total. The maximum absolute atomic E-state index is 12.4. The number of hydrogen-bond acceptors (Lipinski definition) is 7. The Balaban J connectivity index is 1.99. The number of unbranched alkanes of at least 4 members (excludes halogenated alkanes) is 1. The lowest BCUT2D eigenvalue weighted by molar-refractivity contribution is -0.129. The minimum atomic E-state index is -0.425. The van der Waals surface area contributed by atoms with Gasteiger partial charge in [0.2, 0.25) is 5.91 Å². The molecular formula is C16H20N4O3S2. The van der Waals surface area contributed by atoms with Gasteiger partial charge < -0.3 is 5.32 Å². The number of amides is 2. The molecule has 2 rings (SSSR count). The molecule has 0 saturated carbocycles. The molecule has 2 heterocycles. The highest BCUT2D eigenvalue weighted by Gasteiger charge is 2.18. The SMILES string of the molecule is CC/C=C/c1sc(-c2nccs2)nc1C(=O)NCCCCC(=O)NO. The predicted octanol–water partition coefficient (Wildman–Crippen LogP) is 3.10. The van der Waals surface area contributed by atoms with Crippen LogP contribution in [0.15, 0.2) is 17.7 Å². The zero-order valence-electron chi connectivity index (χ0n) is 13.8. The highest BCUT2D eigenvalue weighted by Crippen LogP contribution is 2.30. The van der Waals surface area contributed by atoms with Crippen molar-refractivity contribution in [3.05, 3.63) is 28.2 Å². The van der Waals surface area contributed by atoms with Gasteiger partial charge in [0.25, 0.3) is 5.91 Å². The fourth-order valence-corrected chi connectivity index (χ4v) is 3.68. The quantitative estimate of drug-likeness (QED) is 0.352. The molecular weight excluding hydrogens is 360 g/mol. The molecule has 0 fully saturated rings. The summed E-state index contributed by atoms with van der Waals surface area (Å²) >= 11 is 2.93. The summed E-state index contributed by atoms with van der Waals surface area (Å²) in [4.78, 5) is 32.9. The third kappa shape index (κ3) is 5.73. The summed E-state index contributed by atoms with van der Waals surface area (Å²) in [5.41, 5.74) is 1.98. The molecule has 9 heteroatoms. The van der Waals surface area contributed by atoms with Crippen molar-refractivity contribution in [1.82, 2.24) is 20.8 Å². The average Bonchev–Trinajstić information content (AvgIpc) is 3.28. The molecule has 0 unspecified atom stereocenters. The lowest BCUT2D eigenvalue weighted by Crippen LogP contribution is -2.26. The van der Waals surface area contributed by atoms with E-state index < -0.39 is 5.91 Å². The zero-order valence-corrected chi connectivity index (χ0v) is 15.5. The second kappa shape index (κ2) is 10.0. The van der Waals surface area contributed by atoms with E-state index in [1.54, 1.807) is 11.7 Å². The van der Waals surface area contributed by atoms with Crippen LogP contribution in [0.3, 0.4) is 0 Å². The molecule has 25 heavy (non-hydrogen) atoms. The third-order valence-electron chi connectivity index (χ3n) is 3.23. The summed E-state index contributed by atoms with van der Waals surface area (Å²) in [7, 11) is 0. The third-order valence-corrected chi connectivity index (χ3v) is 5.17. The second-order valence-electron chi connectivity index (χ2n) is 5.13. The Hall–Kier alpha value is -2.10. The van der Waals surface area contributed by atoms with Crippen LogP contribution in [0.25, 0.3) is 16.1 Å². The molecule has 2 aromatic heterocycles. The van der Waals surface area contributed by atoms with E-state index in [-0.39, 0.29) is 12.3 Å². The lowest BCUT2D eigenvalue weighted by Gasteiger charge is -2.03. The molecule has 134 valence electrons. The van der Waals surface area contributed by atoms with Crippen molar-refractivity contribution in [2.75, 3.05) is 6.54 Å². The molecule has 0 aromatic carbocycles. The molecule has 0 bridgehead atoms. The summed E-state index contributed by atoms with van der Waals surface area (Å²) in [6.07, 6.45) is 7.93. The van der Waals surface area contributed by atoms with Gasteiger partial charge in [-0.15, -0.1) is 22.7 Å². The van der Waals surface area contributed by atoms with Gasteiger partial charge >= 0.3 is 0 Å². The smallest absolute Gasteiger partial charge is 0.271 e. The monoisotopic (exact) mass is 380 g/mol. The zero-order chi connectivity index (χ0) is 18.1. The Morgan fingerprint density at radius 1 is 1.32 bits per heavy atom. The van der Waals surface area contributed by atoms with Gasteiger partial charge in [-0.25, -0.2) is 15.4 Å². The summed E-state index contributed by atoms with van der Waals surface area (Å²) in [6.45, 7) is 2.47. The van der Waals surface area contributed by atoms with Crippen LogP contribution < -0.4 is 10.8 Å². The average molecular weight is 380 g/mol. The number of aromatic nitrogens is 2. The van der Waals surface area contributed by atoms with Crippen molar-refractivity contribution in [3.8, 4) is 10.0 Å². The highest BCUT2D eigenvalue weighted by atomic mass is 32.1. The maximum atomic E-state index is 12.4. The number of nitrogens with zero attached hydrogens (tertiary/aromatic N) is 2. The first-order chi connectivity index (χ1) is 12.2. The number of thiazole rings is 2. The summed E-state index contributed by atoms with van der Waals surface area (Å²) in [6, 6.07) is 0. The van der Waals surface area contributed by atoms with Crippen LogP contribution in [0.2, 0.25) is 0 Å². The Kier molecular flexibility index (Phi) is 7.71. The van der Waals surface area contributed by atoms with E-state index in [2.05, 4.69) is 15.3 Å². The summed E-state index contributed by atoms with van der Waals surface area (Å²) in [5, 5.41) is 14.7. The van der Waals surface area contributed by atoms with Gasteiger partial charge in [-0.2, -0.15) is 0 Å². The largest absolute Gasteiger partial charge is 0.351 e. The van der Waals surface area contributed by atoms with Crippen molar-refractivity contribution in [1.29, 1.82) is 0 Å². The maximum Gasteiger partial charge on any atom is 0.271 e. The molecule has 2 aromatic rings. The molecule has 0 atom stereocenters. The molecule has 2 amide bonds. The second-order valence-corrected chi connectivity index (χ2v) is 7.05. The highest BCUT2D eigenvalue weighted by molar-refractivity contribution is 7.21. The lowest BCUT2D eigenvalue weighted by atomic mass is 10.2. The van der Waals surface area contributed by atoms with Gasteiger partial charge in [0.05, 0.1) is 4.88 Å². The summed E-state index contributed by atoms with van der Waals surface area (Å²) < 4.78 is 0. The van der Waals surface area contributed by atoms with Crippen molar-refractivity contribution < 1.29 is 14.8 Å². The number of allylic oxidation sites excluding steroid dienone is 1. The Labute approximate surface area is 153 Å². The first-order valence-corrected chi connectivity index (χ1v) is 9.63. The van der Waals surface area contributed by atoms with Gasteiger partial charge in [-0.3, -0.25) is 14.8 Å². The minimum absolute atomic E-state index is 0.224. The van der Waals surface area contributed by atoms with E-state index in [0.29, 0.717) is 25.1 Å². The van der Waals surface area contributed by atoms with Crippen LogP contribution in [-0.2, 0) is 4.79 Å². The predicted molar refractivity (Wildman–Crippen MR) is 98.7 cm³/mol. The van der Waals surface area contributed by atoms with Crippen LogP contribution in [0.5, 0.6) is 0 Å². The van der Waals surface area contributed by atoms with Crippen molar-refractivity contribution in [2.45, 2.75) is 32.6 Å². The Morgan fingerprint density at radius 3 is 2.84 bits per heavy atom. The number of hydrogen-bond donors (Lipinski definition) is 3. The van der Waals surface area contributed by atoms with Crippen LogP contribution in [0, 0.1) is 0 Å². The fourth-order valence-electron chi connectivity index (χ4n) is 2.01. The van der Waals surface area contributed by atoms with Gasteiger partial charge in [-0.1, -0.05) is 13.0 Å². The molecule has 3 N–H and O–H groups in total. The number of carbonyl (C=O) groups is 2. The van der Waals surface area contributed by atoms with E-state index >= 15 is 0 Å². The number of hydroxylamine groups is 1. The van der Waals surface area contributed by atoms with E-state index in [0.717, 1.165) is 21.3 Å². The van der Waals surface area contributed by atoms with E-state index in [1.807, 2.05) is 24.5 Å². The van der Waals surface area contributed by atoms with Crippen molar-refractivity contribution >= 4 is 40.6 Å². The molecule has 0 aliphatic carbocycles. The van der Waals surface area contributed by atoms with E-state index in [4.69, 9.17) is 5.21 Å². The van der Waals surface area contributed by atoms with Crippen LogP contribution in [-0.4, -0.2) is 33.5 Å². The normalized spacial score (nSPS) is 11.0. The Morgan fingerprint density at radius 2 is 2.16 bits per heavy atom. The molecule has 0 spiro atoms. The summed E-state index contributed by atoms with van der Waals surface area (Å²) in [5.74, 6) is -0.660. The first kappa shape index (κ1) is 19.2. The van der Waals surface area contributed by atoms with Crippen LogP contribution >= 0.6 is 22.7 Å². The van der Waals surface area contributed by atoms with Gasteiger partial charge in [0.1, 0.15) is 5.69 Å². The minimum Gasteiger partial charge on any atom is -0.351 e. The number of rotatable bonds is 9. The Bertz CT molecular complexity index is 726. The molecule has 0 saturated heterocycles. The van der Waals surface area contributed by atoms with E-state index in [9.17, 15) is 9.59 Å². The van der Waals surface area contributed by atoms with Crippen LogP contribution in [0.1, 0.15) is 48.0 Å². The fraction of sp³-hybridized carbons (Fsp3) is 0.375. The molecule has 0 radical (unpaired) electrons. The number of nitrogens with one attached hydrogen (secondary N) is 2. The standard InChI is InChI=1S/C16H20N4O3S2/c1-2-3-6-11-13(19-16(25-11)15-18-9-10-24-15)14(22)17-8-5-4-7-12(21)20-23/h3,6,9-10,23H,2,4-5,7-8H2,1H3,(H,17,22)(H,20,21)/b6-3+. The van der Waals surface area contributed by atoms with Gasteiger partial charge in [0, 0.05) is 24.5 Å². The molecule has 0 aliphatic heterocycles. The molecule has 0 aliphatic rings. The van der Waals surface area contributed by atoms with Gasteiger partial charge in [0.15, 0.2) is 10.0 Å². The van der Waals surface area contributed by atoms with Crippen molar-refractivity contribution in [3.63, 3.8) is 0 Å². The van der Waals surface area contributed by atoms with Gasteiger partial charge in [-0.05, 0) is 25.3 Å². The first-order valence-electron chi connectivity index (χ1n) is 7.94. The van der Waals surface area contributed by atoms with E-state index in [1.165, 1.54) is 22.7 Å².